The zero-order valence-corrected chi connectivity index (χ0v) is 12.4. The first-order valence-corrected chi connectivity index (χ1v) is 7.41. The molecule has 0 aliphatic carbocycles. The fourth-order valence-electron chi connectivity index (χ4n) is 2.78. The molecule has 0 saturated carbocycles. The van der Waals surface area contributed by atoms with Crippen LogP contribution in [0.1, 0.15) is 32.4 Å². The van der Waals surface area contributed by atoms with Gasteiger partial charge in [0, 0.05) is 13.1 Å². The first-order valence-electron chi connectivity index (χ1n) is 7.41. The van der Waals surface area contributed by atoms with Gasteiger partial charge in [0.05, 0.1) is 5.69 Å². The Bertz CT molecular complexity index is 372. The van der Waals surface area contributed by atoms with Crippen LogP contribution in [0.5, 0.6) is 0 Å². The molecule has 1 fully saturated rings. The summed E-state index contributed by atoms with van der Waals surface area (Å²) in [5.41, 5.74) is 1.10. The lowest BCUT2D eigenvalue weighted by Gasteiger charge is -2.33. The Morgan fingerprint density at radius 1 is 1.37 bits per heavy atom. The van der Waals surface area contributed by atoms with Crippen LogP contribution in [0.15, 0.2) is 12.1 Å². The maximum absolute atomic E-state index is 4.41. The molecule has 0 spiro atoms. The van der Waals surface area contributed by atoms with Gasteiger partial charge in [-0.25, -0.2) is 0 Å². The van der Waals surface area contributed by atoms with Crippen molar-refractivity contribution in [2.75, 3.05) is 31.6 Å². The van der Waals surface area contributed by atoms with E-state index in [9.17, 15) is 0 Å². The monoisotopic (exact) mass is 262 g/mol. The second kappa shape index (κ2) is 6.85. The van der Waals surface area contributed by atoms with E-state index in [2.05, 4.69) is 46.4 Å². The number of nitrogens with zero attached hydrogens (tertiary/aromatic N) is 3. The van der Waals surface area contributed by atoms with Crippen LogP contribution in [0, 0.1) is 11.8 Å². The molecule has 106 valence electrons. The third kappa shape index (κ3) is 4.16. The van der Waals surface area contributed by atoms with Crippen molar-refractivity contribution in [3.63, 3.8) is 0 Å². The molecule has 0 radical (unpaired) electrons. The molecule has 2 rings (SSSR count). The molecule has 1 aromatic rings. The summed E-state index contributed by atoms with van der Waals surface area (Å²) < 4.78 is 0. The van der Waals surface area contributed by atoms with Gasteiger partial charge in [-0.2, -0.15) is 5.10 Å². The van der Waals surface area contributed by atoms with Gasteiger partial charge in [-0.15, -0.1) is 5.10 Å². The second-order valence-electron chi connectivity index (χ2n) is 5.99. The number of hydrogen-bond donors (Lipinski definition) is 1. The molecule has 2 heterocycles. The van der Waals surface area contributed by atoms with E-state index in [4.69, 9.17) is 0 Å². The number of aromatic nitrogens is 2. The average molecular weight is 262 g/mol. The number of nitrogens with one attached hydrogen (secondary N) is 1. The molecule has 1 aliphatic rings. The van der Waals surface area contributed by atoms with Crippen LogP contribution < -0.4 is 10.2 Å². The van der Waals surface area contributed by atoms with Crippen molar-refractivity contribution in [1.29, 1.82) is 0 Å². The average Bonchev–Trinajstić information content (AvgIpc) is 2.40. The third-order valence-corrected chi connectivity index (χ3v) is 3.66. The van der Waals surface area contributed by atoms with Crippen LogP contribution in [-0.4, -0.2) is 36.9 Å². The van der Waals surface area contributed by atoms with E-state index in [1.807, 2.05) is 7.05 Å². The topological polar surface area (TPSA) is 41.0 Å². The van der Waals surface area contributed by atoms with Crippen molar-refractivity contribution < 1.29 is 0 Å². The van der Waals surface area contributed by atoms with Gasteiger partial charge in [0.2, 0.25) is 0 Å². The molecule has 1 atom stereocenters. The second-order valence-corrected chi connectivity index (χ2v) is 5.99. The minimum atomic E-state index is 0.634. The van der Waals surface area contributed by atoms with Gasteiger partial charge in [-0.3, -0.25) is 0 Å². The third-order valence-electron chi connectivity index (χ3n) is 3.66. The van der Waals surface area contributed by atoms with Crippen LogP contribution in [0.3, 0.4) is 0 Å². The fourth-order valence-corrected chi connectivity index (χ4v) is 2.78. The molecular weight excluding hydrogens is 236 g/mol. The summed E-state index contributed by atoms with van der Waals surface area (Å²) >= 11 is 0. The Labute approximate surface area is 116 Å². The van der Waals surface area contributed by atoms with Crippen molar-refractivity contribution >= 4 is 5.82 Å². The summed E-state index contributed by atoms with van der Waals surface area (Å²) in [6.07, 6.45) is 3.58. The number of rotatable bonds is 5. The summed E-state index contributed by atoms with van der Waals surface area (Å²) in [6, 6.07) is 4.26. The minimum Gasteiger partial charge on any atom is -0.355 e. The molecule has 0 aromatic carbocycles. The zero-order valence-electron chi connectivity index (χ0n) is 12.4. The Morgan fingerprint density at radius 2 is 2.21 bits per heavy atom. The fraction of sp³-hybridized carbons (Fsp3) is 0.733. The van der Waals surface area contributed by atoms with Crippen LogP contribution in [0.2, 0.25) is 0 Å². The summed E-state index contributed by atoms with van der Waals surface area (Å²) in [6.45, 7) is 7.72. The molecule has 1 aliphatic heterocycles. The Hall–Kier alpha value is -1.16. The van der Waals surface area contributed by atoms with E-state index < -0.39 is 0 Å². The predicted octanol–water partition coefficient (Wildman–Crippen LogP) is 2.11. The van der Waals surface area contributed by atoms with Crippen LogP contribution in [0.25, 0.3) is 0 Å². The van der Waals surface area contributed by atoms with E-state index in [-0.39, 0.29) is 0 Å². The van der Waals surface area contributed by atoms with Gasteiger partial charge in [0.1, 0.15) is 0 Å². The summed E-state index contributed by atoms with van der Waals surface area (Å²) in [4.78, 5) is 2.37. The van der Waals surface area contributed by atoms with Crippen LogP contribution in [-0.2, 0) is 6.42 Å². The van der Waals surface area contributed by atoms with Gasteiger partial charge >= 0.3 is 0 Å². The van der Waals surface area contributed by atoms with Crippen molar-refractivity contribution in [3.05, 3.63) is 17.8 Å². The highest BCUT2D eigenvalue weighted by Gasteiger charge is 2.20. The smallest absolute Gasteiger partial charge is 0.151 e. The molecule has 4 heteroatoms. The van der Waals surface area contributed by atoms with E-state index >= 15 is 0 Å². The van der Waals surface area contributed by atoms with E-state index in [1.165, 1.54) is 12.8 Å². The molecule has 1 N–H and O–H groups in total. The molecule has 19 heavy (non-hydrogen) atoms. The van der Waals surface area contributed by atoms with Gasteiger partial charge < -0.3 is 10.2 Å². The molecule has 4 nitrogen and oxygen atoms in total. The number of hydrogen-bond acceptors (Lipinski definition) is 4. The largest absolute Gasteiger partial charge is 0.355 e. The molecule has 1 unspecified atom stereocenters. The normalized spacial score (nSPS) is 20.0. The summed E-state index contributed by atoms with van der Waals surface area (Å²) in [5, 5.41) is 12.0. The highest BCUT2D eigenvalue weighted by Crippen LogP contribution is 2.21. The molecule has 1 saturated heterocycles. The van der Waals surface area contributed by atoms with Gasteiger partial charge in [-0.1, -0.05) is 13.8 Å². The highest BCUT2D eigenvalue weighted by atomic mass is 15.3. The molecule has 0 amide bonds. The Kier molecular flexibility index (Phi) is 5.14. The summed E-state index contributed by atoms with van der Waals surface area (Å²) in [5.74, 6) is 2.40. The van der Waals surface area contributed by atoms with Crippen molar-refractivity contribution in [2.24, 2.45) is 11.8 Å². The first kappa shape index (κ1) is 14.3. The maximum Gasteiger partial charge on any atom is 0.151 e. The number of anilines is 1. The van der Waals surface area contributed by atoms with Gasteiger partial charge in [0.15, 0.2) is 5.82 Å². The molecular formula is C15H26N4. The zero-order chi connectivity index (χ0) is 13.7. The standard InChI is InChI=1S/C15H26N4/c1-12(2)9-14-6-7-15(18-17-14)19-8-4-5-13(11-19)10-16-3/h6-7,12-13,16H,4-5,8-11H2,1-3H3. The quantitative estimate of drug-likeness (QED) is 0.882. The van der Waals surface area contributed by atoms with Crippen LogP contribution >= 0.6 is 0 Å². The highest BCUT2D eigenvalue weighted by molar-refractivity contribution is 5.38. The van der Waals surface area contributed by atoms with Crippen molar-refractivity contribution in [2.45, 2.75) is 33.1 Å². The molecule has 1 aromatic heterocycles. The van der Waals surface area contributed by atoms with E-state index in [0.29, 0.717) is 5.92 Å². The Balaban J connectivity index is 1.97. The lowest BCUT2D eigenvalue weighted by molar-refractivity contribution is 0.400. The van der Waals surface area contributed by atoms with Gasteiger partial charge in [-0.05, 0) is 56.8 Å². The van der Waals surface area contributed by atoms with Crippen molar-refractivity contribution in [3.8, 4) is 0 Å². The van der Waals surface area contributed by atoms with E-state index in [0.717, 1.165) is 43.5 Å². The Morgan fingerprint density at radius 3 is 2.84 bits per heavy atom. The maximum atomic E-state index is 4.41. The SMILES string of the molecule is CNCC1CCCN(c2ccc(CC(C)C)nn2)C1. The lowest BCUT2D eigenvalue weighted by Crippen LogP contribution is -2.39. The minimum absolute atomic E-state index is 0.634. The summed E-state index contributed by atoms with van der Waals surface area (Å²) in [7, 11) is 2.03. The van der Waals surface area contributed by atoms with Crippen LogP contribution in [0.4, 0.5) is 5.82 Å². The van der Waals surface area contributed by atoms with E-state index in [1.54, 1.807) is 0 Å². The van der Waals surface area contributed by atoms with Gasteiger partial charge in [0.25, 0.3) is 0 Å². The molecule has 0 bridgehead atoms. The number of piperidine rings is 1. The predicted molar refractivity (Wildman–Crippen MR) is 79.4 cm³/mol. The van der Waals surface area contributed by atoms with Crippen molar-refractivity contribution in [1.82, 2.24) is 15.5 Å². The lowest BCUT2D eigenvalue weighted by atomic mass is 9.98. The first-order chi connectivity index (χ1) is 9.19.